The Hall–Kier alpha value is -4.79. The number of hydrogen-bond donors (Lipinski definition) is 1. The number of carbonyl (C=O) groups excluding carboxylic acids is 3. The highest BCUT2D eigenvalue weighted by Gasteiger charge is 2.37. The highest BCUT2D eigenvalue weighted by atomic mass is 16.5. The predicted molar refractivity (Wildman–Crippen MR) is 133 cm³/mol. The molecule has 5 rings (SSSR count). The van der Waals surface area contributed by atoms with Crippen LogP contribution in [0.15, 0.2) is 73.3 Å². The van der Waals surface area contributed by atoms with E-state index in [0.29, 0.717) is 30.3 Å². The highest BCUT2D eigenvalue weighted by molar-refractivity contribution is 6.35. The van der Waals surface area contributed by atoms with Crippen molar-refractivity contribution in [3.05, 3.63) is 101 Å². The van der Waals surface area contributed by atoms with Crippen LogP contribution < -0.4 is 15.0 Å². The number of imide groups is 1. The zero-order valence-electron chi connectivity index (χ0n) is 19.8. The molecule has 0 radical (unpaired) electrons. The van der Waals surface area contributed by atoms with Gasteiger partial charge < -0.3 is 10.1 Å². The predicted octanol–water partition coefficient (Wildman–Crippen LogP) is 4.03. The Morgan fingerprint density at radius 1 is 0.972 bits per heavy atom. The second-order valence-electron chi connectivity index (χ2n) is 8.48. The second-order valence-corrected chi connectivity index (χ2v) is 8.48. The number of hydrogen-bond acceptors (Lipinski definition) is 6. The van der Waals surface area contributed by atoms with Crippen molar-refractivity contribution >= 4 is 29.1 Å². The molecule has 1 aliphatic rings. The van der Waals surface area contributed by atoms with Gasteiger partial charge in [-0.1, -0.05) is 18.2 Å². The number of fused-ring (bicyclic) bond motifs is 1. The third-order valence-corrected chi connectivity index (χ3v) is 5.90. The average molecular weight is 482 g/mol. The van der Waals surface area contributed by atoms with Gasteiger partial charge in [0, 0.05) is 17.3 Å². The van der Waals surface area contributed by atoms with Gasteiger partial charge in [-0.2, -0.15) is 5.10 Å². The number of ether oxygens (including phenoxy) is 1. The van der Waals surface area contributed by atoms with Crippen LogP contribution in [0.3, 0.4) is 0 Å². The number of nitrogens with one attached hydrogen (secondary N) is 1. The van der Waals surface area contributed by atoms with E-state index in [0.717, 1.165) is 11.1 Å². The van der Waals surface area contributed by atoms with Gasteiger partial charge in [0.05, 0.1) is 23.4 Å². The molecule has 3 amide bonds. The fraction of sp³-hybridized carbons (Fsp3) is 0.148. The van der Waals surface area contributed by atoms with Crippen LogP contribution in [-0.4, -0.2) is 39.1 Å². The van der Waals surface area contributed by atoms with E-state index in [2.05, 4.69) is 15.4 Å². The van der Waals surface area contributed by atoms with Crippen molar-refractivity contribution in [2.75, 3.05) is 16.8 Å². The van der Waals surface area contributed by atoms with Gasteiger partial charge in [0.2, 0.25) is 0 Å². The Labute approximate surface area is 207 Å². The molecule has 1 N–H and O–H groups in total. The molecule has 0 saturated carbocycles. The molecule has 0 saturated heterocycles. The van der Waals surface area contributed by atoms with Crippen LogP contribution in [0.2, 0.25) is 0 Å². The topological polar surface area (TPSA) is 106 Å². The lowest BCUT2D eigenvalue weighted by atomic mass is 10.1. The Balaban J connectivity index is 1.30. The Bertz CT molecular complexity index is 1480. The van der Waals surface area contributed by atoms with Crippen molar-refractivity contribution in [2.24, 2.45) is 0 Å². The van der Waals surface area contributed by atoms with E-state index in [4.69, 9.17) is 4.74 Å². The summed E-state index contributed by atoms with van der Waals surface area (Å²) in [7, 11) is 0. The van der Waals surface area contributed by atoms with Crippen LogP contribution >= 0.6 is 0 Å². The first kappa shape index (κ1) is 23.0. The second kappa shape index (κ2) is 9.46. The number of anilines is 2. The summed E-state index contributed by atoms with van der Waals surface area (Å²) in [5.41, 5.74) is 3.61. The fourth-order valence-electron chi connectivity index (χ4n) is 4.03. The minimum absolute atomic E-state index is 0.207. The Morgan fingerprint density at radius 3 is 2.61 bits per heavy atom. The Kier molecular flexibility index (Phi) is 6.03. The van der Waals surface area contributed by atoms with Crippen molar-refractivity contribution < 1.29 is 19.1 Å². The first-order valence-corrected chi connectivity index (χ1v) is 11.4. The quantitative estimate of drug-likeness (QED) is 0.400. The van der Waals surface area contributed by atoms with E-state index in [1.165, 1.54) is 23.4 Å². The zero-order chi connectivity index (χ0) is 25.2. The summed E-state index contributed by atoms with van der Waals surface area (Å²) in [6, 6.07) is 17.2. The molecule has 1 aromatic heterocycles. The van der Waals surface area contributed by atoms with Crippen molar-refractivity contribution in [1.29, 1.82) is 0 Å². The minimum Gasteiger partial charge on any atom is -0.492 e. The lowest BCUT2D eigenvalue weighted by Crippen LogP contribution is -2.30. The summed E-state index contributed by atoms with van der Waals surface area (Å²) < 4.78 is 7.40. The van der Waals surface area contributed by atoms with Crippen LogP contribution in [0.5, 0.6) is 5.75 Å². The molecule has 9 heteroatoms. The summed E-state index contributed by atoms with van der Waals surface area (Å²) in [6.45, 7) is 4.68. The van der Waals surface area contributed by atoms with Gasteiger partial charge in [-0.15, -0.1) is 0 Å². The van der Waals surface area contributed by atoms with Gasteiger partial charge in [-0.05, 0) is 61.4 Å². The third-order valence-electron chi connectivity index (χ3n) is 5.90. The molecule has 9 nitrogen and oxygen atoms in total. The number of benzene rings is 3. The molecule has 2 heterocycles. The smallest absolute Gasteiger partial charge is 0.266 e. The molecule has 0 unspecified atom stereocenters. The van der Waals surface area contributed by atoms with Crippen molar-refractivity contribution in [1.82, 2.24) is 14.8 Å². The van der Waals surface area contributed by atoms with Gasteiger partial charge in [0.1, 0.15) is 25.0 Å². The number of aromatic nitrogens is 3. The highest BCUT2D eigenvalue weighted by Crippen LogP contribution is 2.32. The molecule has 0 spiro atoms. The summed E-state index contributed by atoms with van der Waals surface area (Å²) in [5, 5.41) is 6.85. The van der Waals surface area contributed by atoms with E-state index in [1.807, 2.05) is 32.0 Å². The molecule has 0 aliphatic carbocycles. The Morgan fingerprint density at radius 2 is 1.81 bits per heavy atom. The van der Waals surface area contributed by atoms with Crippen LogP contribution in [-0.2, 0) is 6.54 Å². The first-order valence-electron chi connectivity index (χ1n) is 11.4. The average Bonchev–Trinajstić information content (AvgIpc) is 3.47. The summed E-state index contributed by atoms with van der Waals surface area (Å²) in [6.07, 6.45) is 3.07. The first-order chi connectivity index (χ1) is 17.4. The summed E-state index contributed by atoms with van der Waals surface area (Å²) in [4.78, 5) is 44.2. The number of rotatable bonds is 7. The molecule has 36 heavy (non-hydrogen) atoms. The molecule has 180 valence electrons. The molecular formula is C27H23N5O4. The summed E-state index contributed by atoms with van der Waals surface area (Å²) >= 11 is 0. The van der Waals surface area contributed by atoms with Gasteiger partial charge in [-0.3, -0.25) is 14.4 Å². The monoisotopic (exact) mass is 481 g/mol. The molecule has 1 aliphatic heterocycles. The zero-order valence-corrected chi connectivity index (χ0v) is 19.8. The van der Waals surface area contributed by atoms with E-state index in [1.54, 1.807) is 41.3 Å². The van der Waals surface area contributed by atoms with Crippen LogP contribution in [0.4, 0.5) is 11.4 Å². The molecule has 4 aromatic rings. The molecule has 0 fully saturated rings. The fourth-order valence-corrected chi connectivity index (χ4v) is 4.03. The van der Waals surface area contributed by atoms with Crippen molar-refractivity contribution in [3.8, 4) is 5.75 Å². The number of amides is 3. The SMILES string of the molecule is Cc1ccc(C)c(N2C(=O)c3ccc(C(=O)Nc4cccc(OCCn5cncn5)c4)cc3C2=O)c1. The van der Waals surface area contributed by atoms with Gasteiger partial charge >= 0.3 is 0 Å². The molecule has 0 bridgehead atoms. The van der Waals surface area contributed by atoms with Gasteiger partial charge in [0.15, 0.2) is 0 Å². The molecular weight excluding hydrogens is 458 g/mol. The maximum Gasteiger partial charge on any atom is 0.266 e. The van der Waals surface area contributed by atoms with Crippen LogP contribution in [0, 0.1) is 13.8 Å². The van der Waals surface area contributed by atoms with Gasteiger partial charge in [0.25, 0.3) is 17.7 Å². The van der Waals surface area contributed by atoms with E-state index >= 15 is 0 Å². The van der Waals surface area contributed by atoms with Gasteiger partial charge in [-0.25, -0.2) is 14.6 Å². The lowest BCUT2D eigenvalue weighted by molar-refractivity contribution is 0.0925. The summed E-state index contributed by atoms with van der Waals surface area (Å²) in [5.74, 6) is -0.651. The minimum atomic E-state index is -0.443. The maximum atomic E-state index is 13.2. The normalized spacial score (nSPS) is 12.6. The van der Waals surface area contributed by atoms with Crippen molar-refractivity contribution in [3.63, 3.8) is 0 Å². The lowest BCUT2D eigenvalue weighted by Gasteiger charge is -2.17. The number of carbonyl (C=O) groups is 3. The molecule has 3 aromatic carbocycles. The number of nitrogens with zero attached hydrogens (tertiary/aromatic N) is 4. The molecule has 0 atom stereocenters. The third kappa shape index (κ3) is 4.46. The van der Waals surface area contributed by atoms with Crippen LogP contribution in [0.1, 0.15) is 42.2 Å². The van der Waals surface area contributed by atoms with E-state index in [9.17, 15) is 14.4 Å². The standard InChI is InChI=1S/C27H23N5O4/c1-17-6-7-18(2)24(12-17)32-26(34)22-9-8-19(13-23(22)27(32)35)25(33)30-20-4-3-5-21(14-20)36-11-10-31-16-28-15-29-31/h3-9,12-16H,10-11H2,1-2H3,(H,30,33). The van der Waals surface area contributed by atoms with Crippen molar-refractivity contribution in [2.45, 2.75) is 20.4 Å². The largest absolute Gasteiger partial charge is 0.492 e. The number of aryl methyl sites for hydroxylation is 2. The maximum absolute atomic E-state index is 13.2. The van der Waals surface area contributed by atoms with E-state index < -0.39 is 17.7 Å². The van der Waals surface area contributed by atoms with Crippen LogP contribution in [0.25, 0.3) is 0 Å². The van der Waals surface area contributed by atoms with E-state index in [-0.39, 0.29) is 16.7 Å².